The second-order valence-electron chi connectivity index (χ2n) is 4.48. The van der Waals surface area contributed by atoms with Gasteiger partial charge in [0.2, 0.25) is 0 Å². The van der Waals surface area contributed by atoms with Crippen molar-refractivity contribution in [2.24, 2.45) is 0 Å². The Morgan fingerprint density at radius 3 is 2.52 bits per heavy atom. The van der Waals surface area contributed by atoms with Crippen LogP contribution in [0.4, 0.5) is 0 Å². The topological polar surface area (TPSA) is 72.8 Å². The third-order valence-corrected chi connectivity index (χ3v) is 2.72. The van der Waals surface area contributed by atoms with E-state index < -0.39 is 5.97 Å². The highest BCUT2D eigenvalue weighted by atomic mass is 16.6. The van der Waals surface area contributed by atoms with E-state index >= 15 is 0 Å². The standard InChI is InChI=1S/C16H20O5/c1-4-6-16(19)21-13-8-7-12(10-14(13)20-5-2)11(3)9-15(17)18/h7-10H,4-6H2,1-3H3,(H,17,18). The van der Waals surface area contributed by atoms with Gasteiger partial charge in [0, 0.05) is 12.5 Å². The van der Waals surface area contributed by atoms with Gasteiger partial charge in [-0.25, -0.2) is 4.79 Å². The highest BCUT2D eigenvalue weighted by Crippen LogP contribution is 2.31. The second-order valence-corrected chi connectivity index (χ2v) is 4.48. The maximum absolute atomic E-state index is 11.6. The molecular weight excluding hydrogens is 272 g/mol. The summed E-state index contributed by atoms with van der Waals surface area (Å²) in [5.74, 6) is -0.548. The zero-order valence-corrected chi connectivity index (χ0v) is 12.5. The average molecular weight is 292 g/mol. The highest BCUT2D eigenvalue weighted by molar-refractivity contribution is 5.89. The Balaban J connectivity index is 3.06. The van der Waals surface area contributed by atoms with Crippen molar-refractivity contribution in [3.63, 3.8) is 0 Å². The van der Waals surface area contributed by atoms with E-state index in [9.17, 15) is 9.59 Å². The summed E-state index contributed by atoms with van der Waals surface area (Å²) in [5, 5.41) is 8.77. The van der Waals surface area contributed by atoms with Crippen LogP contribution in [-0.4, -0.2) is 23.7 Å². The fourth-order valence-corrected chi connectivity index (χ4v) is 1.75. The van der Waals surface area contributed by atoms with Crippen LogP contribution < -0.4 is 9.47 Å². The molecule has 0 aliphatic rings. The Kier molecular flexibility index (Phi) is 6.46. The molecule has 0 aliphatic heterocycles. The summed E-state index contributed by atoms with van der Waals surface area (Å²) in [7, 11) is 0. The van der Waals surface area contributed by atoms with E-state index in [1.54, 1.807) is 25.1 Å². The molecule has 114 valence electrons. The zero-order chi connectivity index (χ0) is 15.8. The van der Waals surface area contributed by atoms with E-state index in [2.05, 4.69) is 0 Å². The smallest absolute Gasteiger partial charge is 0.328 e. The SMILES string of the molecule is CCCC(=O)Oc1ccc(C(C)=CC(=O)O)cc1OCC. The maximum atomic E-state index is 11.6. The summed E-state index contributed by atoms with van der Waals surface area (Å²) in [4.78, 5) is 22.3. The minimum Gasteiger partial charge on any atom is -0.490 e. The first-order chi connectivity index (χ1) is 9.97. The van der Waals surface area contributed by atoms with E-state index in [4.69, 9.17) is 14.6 Å². The minimum absolute atomic E-state index is 0.316. The van der Waals surface area contributed by atoms with Crippen molar-refractivity contribution in [3.05, 3.63) is 29.8 Å². The molecule has 5 nitrogen and oxygen atoms in total. The fraction of sp³-hybridized carbons (Fsp3) is 0.375. The molecule has 5 heteroatoms. The molecule has 1 rings (SSSR count). The predicted molar refractivity (Wildman–Crippen MR) is 79.4 cm³/mol. The zero-order valence-electron chi connectivity index (χ0n) is 12.5. The average Bonchev–Trinajstić information content (AvgIpc) is 2.40. The Labute approximate surface area is 124 Å². The lowest BCUT2D eigenvalue weighted by Gasteiger charge is -2.12. The van der Waals surface area contributed by atoms with Crippen molar-refractivity contribution < 1.29 is 24.2 Å². The monoisotopic (exact) mass is 292 g/mol. The molecular formula is C16H20O5. The van der Waals surface area contributed by atoms with Crippen molar-refractivity contribution in [3.8, 4) is 11.5 Å². The van der Waals surface area contributed by atoms with Crippen LogP contribution in [-0.2, 0) is 9.59 Å². The van der Waals surface area contributed by atoms with Crippen molar-refractivity contribution in [2.45, 2.75) is 33.6 Å². The highest BCUT2D eigenvalue weighted by Gasteiger charge is 2.11. The van der Waals surface area contributed by atoms with Crippen LogP contribution in [0.2, 0.25) is 0 Å². The molecule has 0 fully saturated rings. The number of carbonyl (C=O) groups excluding carboxylic acids is 1. The number of esters is 1. The van der Waals surface area contributed by atoms with E-state index in [0.717, 1.165) is 6.08 Å². The van der Waals surface area contributed by atoms with Gasteiger partial charge in [0.05, 0.1) is 6.61 Å². The van der Waals surface area contributed by atoms with Crippen LogP contribution in [0.5, 0.6) is 11.5 Å². The maximum Gasteiger partial charge on any atom is 0.328 e. The molecule has 0 aliphatic carbocycles. The molecule has 0 aromatic heterocycles. The molecule has 0 saturated heterocycles. The molecule has 0 saturated carbocycles. The molecule has 1 aromatic rings. The molecule has 0 radical (unpaired) electrons. The summed E-state index contributed by atoms with van der Waals surface area (Å²) in [5.41, 5.74) is 1.30. The summed E-state index contributed by atoms with van der Waals surface area (Å²) in [6.45, 7) is 5.84. The number of ether oxygens (including phenoxy) is 2. The number of carboxylic acid groups (broad SMARTS) is 1. The molecule has 0 bridgehead atoms. The van der Waals surface area contributed by atoms with Gasteiger partial charge >= 0.3 is 11.9 Å². The molecule has 0 unspecified atom stereocenters. The predicted octanol–water partition coefficient (Wildman–Crippen LogP) is 3.28. The van der Waals surface area contributed by atoms with Gasteiger partial charge in [-0.05, 0) is 43.5 Å². The summed E-state index contributed by atoms with van der Waals surface area (Å²) in [6, 6.07) is 4.99. The number of rotatable bonds is 7. The van der Waals surface area contributed by atoms with Gasteiger partial charge in [0.25, 0.3) is 0 Å². The van der Waals surface area contributed by atoms with Gasteiger partial charge in [-0.2, -0.15) is 0 Å². The minimum atomic E-state index is -1.01. The molecule has 0 amide bonds. The first-order valence-corrected chi connectivity index (χ1v) is 6.87. The number of aliphatic carboxylic acids is 1. The van der Waals surface area contributed by atoms with Gasteiger partial charge in [-0.15, -0.1) is 0 Å². The Bertz CT molecular complexity index is 546. The third kappa shape index (κ3) is 5.30. The number of benzene rings is 1. The molecule has 0 atom stereocenters. The molecule has 21 heavy (non-hydrogen) atoms. The number of hydrogen-bond acceptors (Lipinski definition) is 4. The fourth-order valence-electron chi connectivity index (χ4n) is 1.75. The van der Waals surface area contributed by atoms with Crippen molar-refractivity contribution in [1.29, 1.82) is 0 Å². The number of allylic oxidation sites excluding steroid dienone is 1. The van der Waals surface area contributed by atoms with Crippen LogP contribution in [0.25, 0.3) is 5.57 Å². The second kappa shape index (κ2) is 8.09. The Hall–Kier alpha value is -2.30. The van der Waals surface area contributed by atoms with Gasteiger partial charge in [0.1, 0.15) is 0 Å². The van der Waals surface area contributed by atoms with Gasteiger partial charge in [-0.3, -0.25) is 4.79 Å². The van der Waals surface area contributed by atoms with Gasteiger partial charge in [0.15, 0.2) is 11.5 Å². The van der Waals surface area contributed by atoms with Crippen molar-refractivity contribution in [2.75, 3.05) is 6.61 Å². The van der Waals surface area contributed by atoms with E-state index in [1.807, 2.05) is 13.8 Å². The summed E-state index contributed by atoms with van der Waals surface area (Å²) >= 11 is 0. The van der Waals surface area contributed by atoms with Crippen LogP contribution in [0.3, 0.4) is 0 Å². The lowest BCUT2D eigenvalue weighted by atomic mass is 10.1. The number of carboxylic acids is 1. The van der Waals surface area contributed by atoms with Crippen LogP contribution in [0, 0.1) is 0 Å². The lowest BCUT2D eigenvalue weighted by Crippen LogP contribution is -2.08. The van der Waals surface area contributed by atoms with Crippen LogP contribution >= 0.6 is 0 Å². The van der Waals surface area contributed by atoms with Crippen molar-refractivity contribution >= 4 is 17.5 Å². The molecule has 1 N–H and O–H groups in total. The third-order valence-electron chi connectivity index (χ3n) is 2.72. The number of hydrogen-bond donors (Lipinski definition) is 1. The Morgan fingerprint density at radius 2 is 1.95 bits per heavy atom. The summed E-state index contributed by atoms with van der Waals surface area (Å²) < 4.78 is 10.7. The van der Waals surface area contributed by atoms with Gasteiger partial charge in [-0.1, -0.05) is 13.0 Å². The largest absolute Gasteiger partial charge is 0.490 e. The molecule has 0 spiro atoms. The molecule has 0 heterocycles. The Morgan fingerprint density at radius 1 is 1.24 bits per heavy atom. The van der Waals surface area contributed by atoms with E-state index in [1.165, 1.54) is 0 Å². The lowest BCUT2D eigenvalue weighted by molar-refractivity contribution is -0.134. The first-order valence-electron chi connectivity index (χ1n) is 6.87. The first kappa shape index (κ1) is 16.8. The number of carbonyl (C=O) groups is 2. The molecule has 1 aromatic carbocycles. The van der Waals surface area contributed by atoms with E-state index in [-0.39, 0.29) is 5.97 Å². The van der Waals surface area contributed by atoms with Crippen LogP contribution in [0.15, 0.2) is 24.3 Å². The normalized spacial score (nSPS) is 11.1. The van der Waals surface area contributed by atoms with Crippen molar-refractivity contribution in [1.82, 2.24) is 0 Å². The van der Waals surface area contributed by atoms with Crippen LogP contribution in [0.1, 0.15) is 39.2 Å². The van der Waals surface area contributed by atoms with E-state index in [0.29, 0.717) is 42.1 Å². The van der Waals surface area contributed by atoms with Gasteiger partial charge < -0.3 is 14.6 Å². The quantitative estimate of drug-likeness (QED) is 0.474. The summed E-state index contributed by atoms with van der Waals surface area (Å²) in [6.07, 6.45) is 2.17.